The Kier molecular flexibility index (Phi) is 13.7. The van der Waals surface area contributed by atoms with Crippen molar-refractivity contribution in [2.24, 2.45) is 5.92 Å². The lowest BCUT2D eigenvalue weighted by atomic mass is 9.90. The quantitative estimate of drug-likeness (QED) is 0.0711. The zero-order valence-electron chi connectivity index (χ0n) is 29.4. The molecule has 0 saturated carbocycles. The molecular weight excluding hydrogens is 656 g/mol. The van der Waals surface area contributed by atoms with Crippen molar-refractivity contribution in [3.05, 3.63) is 119 Å². The number of ketones is 1. The first-order valence-corrected chi connectivity index (χ1v) is 16.8. The van der Waals surface area contributed by atoms with Crippen LogP contribution in [0.25, 0.3) is 11.1 Å². The van der Waals surface area contributed by atoms with E-state index < -0.39 is 35.0 Å². The first kappa shape index (κ1) is 38.5. The highest BCUT2D eigenvalue weighted by Gasteiger charge is 2.24. The molecule has 4 rings (SSSR count). The molecule has 9 nitrogen and oxygen atoms in total. The predicted octanol–water partition coefficient (Wildman–Crippen LogP) is 7.35. The Morgan fingerprint density at radius 1 is 0.843 bits per heavy atom. The summed E-state index contributed by atoms with van der Waals surface area (Å²) in [6, 6.07) is 24.7. The summed E-state index contributed by atoms with van der Waals surface area (Å²) < 4.78 is 39.4. The lowest BCUT2D eigenvalue weighted by Crippen LogP contribution is -2.36. The second kappa shape index (κ2) is 18.1. The van der Waals surface area contributed by atoms with E-state index in [0.717, 1.165) is 34.4 Å². The summed E-state index contributed by atoms with van der Waals surface area (Å²) >= 11 is 0. The number of phenols is 1. The predicted molar refractivity (Wildman–Crippen MR) is 193 cm³/mol. The van der Waals surface area contributed by atoms with Crippen molar-refractivity contribution >= 4 is 23.5 Å². The number of hydrogen-bond acceptors (Lipinski definition) is 7. The minimum Gasteiger partial charge on any atom is -0.505 e. The van der Waals surface area contributed by atoms with Gasteiger partial charge in [-0.1, -0.05) is 66.7 Å². The van der Waals surface area contributed by atoms with Crippen LogP contribution in [0.4, 0.5) is 19.3 Å². The van der Waals surface area contributed by atoms with Gasteiger partial charge in [-0.3, -0.25) is 9.59 Å². The number of halogens is 2. The molecule has 0 fully saturated rings. The molecule has 0 aliphatic rings. The number of amides is 2. The number of nitrogens with one attached hydrogen (secondary N) is 3. The summed E-state index contributed by atoms with van der Waals surface area (Å²) in [6.45, 7) is 7.71. The molecule has 4 aromatic rings. The molecule has 51 heavy (non-hydrogen) atoms. The molecule has 4 aromatic carbocycles. The molecule has 0 heterocycles. The molecule has 0 aromatic heterocycles. The van der Waals surface area contributed by atoms with Crippen LogP contribution in [-0.2, 0) is 27.2 Å². The van der Waals surface area contributed by atoms with Gasteiger partial charge in [0.1, 0.15) is 11.4 Å². The van der Waals surface area contributed by atoms with Gasteiger partial charge in [0, 0.05) is 48.8 Å². The smallest absolute Gasteiger partial charge is 0.407 e. The largest absolute Gasteiger partial charge is 0.505 e. The number of hydrogen-bond donors (Lipinski definition) is 4. The number of rotatable bonds is 16. The van der Waals surface area contributed by atoms with Crippen molar-refractivity contribution < 1.29 is 37.7 Å². The van der Waals surface area contributed by atoms with Gasteiger partial charge >= 0.3 is 6.09 Å². The SMILES string of the molecule is Cc1ccc(C(=O)C[C@@H](Cc2ccc(-c3ccccc3)cc2)C(=O)NCCOCCNC(=O)OC(C)(C)C)cc1NCc1c(F)ccc(O)c1F. The minimum atomic E-state index is -1.05. The van der Waals surface area contributed by atoms with Crippen LogP contribution in [0, 0.1) is 24.5 Å². The maximum atomic E-state index is 14.4. The van der Waals surface area contributed by atoms with Crippen molar-refractivity contribution in [2.75, 3.05) is 31.6 Å². The number of alkyl carbamates (subject to hydrolysis) is 1. The van der Waals surface area contributed by atoms with Gasteiger partial charge in [-0.05, 0) is 74.6 Å². The highest BCUT2D eigenvalue weighted by atomic mass is 19.1. The van der Waals surface area contributed by atoms with Crippen molar-refractivity contribution in [2.45, 2.75) is 52.7 Å². The third kappa shape index (κ3) is 11.9. The molecule has 2 amide bonds. The van der Waals surface area contributed by atoms with Crippen LogP contribution < -0.4 is 16.0 Å². The summed E-state index contributed by atoms with van der Waals surface area (Å²) in [7, 11) is 0. The van der Waals surface area contributed by atoms with E-state index in [2.05, 4.69) is 16.0 Å². The van der Waals surface area contributed by atoms with Gasteiger partial charge in [0.15, 0.2) is 17.3 Å². The first-order chi connectivity index (χ1) is 24.3. The van der Waals surface area contributed by atoms with Crippen LogP contribution in [0.2, 0.25) is 0 Å². The number of aromatic hydroxyl groups is 1. The van der Waals surface area contributed by atoms with Crippen molar-refractivity contribution in [1.82, 2.24) is 10.6 Å². The average Bonchev–Trinajstić information content (AvgIpc) is 3.09. The third-order valence-corrected chi connectivity index (χ3v) is 7.99. The monoisotopic (exact) mass is 701 g/mol. The van der Waals surface area contributed by atoms with Crippen LogP contribution in [0.15, 0.2) is 84.9 Å². The Morgan fingerprint density at radius 2 is 1.51 bits per heavy atom. The van der Waals surface area contributed by atoms with Gasteiger partial charge in [0.25, 0.3) is 0 Å². The Bertz CT molecular complexity index is 1790. The molecule has 11 heteroatoms. The molecule has 4 N–H and O–H groups in total. The molecule has 0 aliphatic heterocycles. The molecular formula is C40H45F2N3O6. The fraction of sp³-hybridized carbons (Fsp3) is 0.325. The van der Waals surface area contributed by atoms with Gasteiger partial charge < -0.3 is 30.5 Å². The van der Waals surface area contributed by atoms with Crippen LogP contribution in [-0.4, -0.2) is 54.8 Å². The van der Waals surface area contributed by atoms with Crippen LogP contribution in [0.5, 0.6) is 5.75 Å². The maximum Gasteiger partial charge on any atom is 0.407 e. The number of ether oxygens (including phenoxy) is 2. The number of Topliss-reactive ketones (excluding diaryl/α,β-unsaturated/α-hetero) is 1. The van der Waals surface area contributed by atoms with Gasteiger partial charge in [-0.15, -0.1) is 0 Å². The van der Waals surface area contributed by atoms with Crippen molar-refractivity contribution in [3.8, 4) is 16.9 Å². The fourth-order valence-corrected chi connectivity index (χ4v) is 5.30. The molecule has 0 bridgehead atoms. The minimum absolute atomic E-state index is 0.0920. The lowest BCUT2D eigenvalue weighted by molar-refractivity contribution is -0.125. The summed E-state index contributed by atoms with van der Waals surface area (Å²) in [6.07, 6.45) is -0.328. The molecule has 0 saturated heterocycles. The van der Waals surface area contributed by atoms with E-state index in [-0.39, 0.29) is 56.5 Å². The van der Waals surface area contributed by atoms with Crippen LogP contribution in [0.1, 0.15) is 54.2 Å². The molecule has 270 valence electrons. The van der Waals surface area contributed by atoms with Gasteiger partial charge in [-0.25, -0.2) is 13.6 Å². The van der Waals surface area contributed by atoms with E-state index in [1.165, 1.54) is 0 Å². The Hall–Kier alpha value is -5.29. The summed E-state index contributed by atoms with van der Waals surface area (Å²) in [5.41, 5.74) is 3.59. The van der Waals surface area contributed by atoms with Crippen molar-refractivity contribution in [1.29, 1.82) is 0 Å². The van der Waals surface area contributed by atoms with Gasteiger partial charge in [0.2, 0.25) is 5.91 Å². The van der Waals surface area contributed by atoms with E-state index in [0.29, 0.717) is 17.7 Å². The fourth-order valence-electron chi connectivity index (χ4n) is 5.30. The Labute approximate surface area is 297 Å². The molecule has 0 aliphatic carbocycles. The van der Waals surface area contributed by atoms with E-state index in [4.69, 9.17) is 9.47 Å². The summed E-state index contributed by atoms with van der Waals surface area (Å²) in [4.78, 5) is 38.9. The van der Waals surface area contributed by atoms with Gasteiger partial charge in [0.05, 0.1) is 13.2 Å². The Balaban J connectivity index is 1.41. The average molecular weight is 702 g/mol. The number of aryl methyl sites for hydroxylation is 1. The molecule has 0 radical (unpaired) electrons. The molecule has 0 spiro atoms. The maximum absolute atomic E-state index is 14.4. The van der Waals surface area contributed by atoms with E-state index >= 15 is 0 Å². The second-order valence-corrected chi connectivity index (χ2v) is 13.2. The number of phenolic OH excluding ortho intramolecular Hbond substituents is 1. The summed E-state index contributed by atoms with van der Waals surface area (Å²) in [5.74, 6) is -3.82. The van der Waals surface area contributed by atoms with E-state index in [9.17, 15) is 28.3 Å². The van der Waals surface area contributed by atoms with Crippen molar-refractivity contribution in [3.63, 3.8) is 0 Å². The topological polar surface area (TPSA) is 126 Å². The highest BCUT2D eigenvalue weighted by molar-refractivity contribution is 5.99. The lowest BCUT2D eigenvalue weighted by Gasteiger charge is -2.19. The molecule has 0 unspecified atom stereocenters. The standard InChI is InChI=1S/C40H45F2N3O6/c1-26-10-13-30(23-34(26)45-25-32-33(41)16-17-35(46)37(32)42)36(47)24-31(22-27-11-14-29(15-12-27)28-8-6-5-7-9-28)38(48)43-18-20-50-21-19-44-39(49)51-40(2,3)4/h5-17,23,31,45-46H,18-22,24-25H2,1-4H3,(H,43,48)(H,44,49)/t31-/m1/s1. The Morgan fingerprint density at radius 3 is 2.20 bits per heavy atom. The normalized spacial score (nSPS) is 11.8. The van der Waals surface area contributed by atoms with E-state index in [1.807, 2.05) is 54.6 Å². The number of anilines is 1. The zero-order chi connectivity index (χ0) is 37.0. The third-order valence-electron chi connectivity index (χ3n) is 7.99. The number of benzene rings is 4. The highest BCUT2D eigenvalue weighted by Crippen LogP contribution is 2.26. The second-order valence-electron chi connectivity index (χ2n) is 13.2. The summed E-state index contributed by atoms with van der Waals surface area (Å²) in [5, 5.41) is 18.1. The van der Waals surface area contributed by atoms with Gasteiger partial charge in [-0.2, -0.15) is 0 Å². The number of carbonyl (C=O) groups is 3. The van der Waals surface area contributed by atoms with Crippen LogP contribution in [0.3, 0.4) is 0 Å². The van der Waals surface area contributed by atoms with E-state index in [1.54, 1.807) is 45.9 Å². The first-order valence-electron chi connectivity index (χ1n) is 16.8. The number of carbonyl (C=O) groups excluding carboxylic acids is 3. The van der Waals surface area contributed by atoms with Crippen LogP contribution >= 0.6 is 0 Å². The zero-order valence-corrected chi connectivity index (χ0v) is 29.4. The molecule has 1 atom stereocenters.